The molecule has 3 nitrogen and oxygen atoms in total. The molecule has 0 radical (unpaired) electrons. The Morgan fingerprint density at radius 3 is 2.81 bits per heavy atom. The third-order valence-electron chi connectivity index (χ3n) is 1.85. The van der Waals surface area contributed by atoms with Crippen molar-refractivity contribution in [3.63, 3.8) is 0 Å². The maximum Gasteiger partial charge on any atom is 0.151 e. The Morgan fingerprint density at radius 2 is 2.12 bits per heavy atom. The molecule has 0 aliphatic heterocycles. The molecule has 0 unspecified atom stereocenters. The zero-order valence-corrected chi connectivity index (χ0v) is 8.15. The second-order valence-corrected chi connectivity index (χ2v) is 3.01. The van der Waals surface area contributed by atoms with Crippen LogP contribution in [0.2, 0.25) is 0 Å². The molecule has 82 valence electrons. The lowest BCUT2D eigenvalue weighted by Crippen LogP contribution is -1.93. The van der Waals surface area contributed by atoms with E-state index in [0.29, 0.717) is 5.76 Å². The van der Waals surface area contributed by atoms with Gasteiger partial charge in [0.1, 0.15) is 11.6 Å². The van der Waals surface area contributed by atoms with Gasteiger partial charge in [0.05, 0.1) is 18.2 Å². The van der Waals surface area contributed by atoms with Gasteiger partial charge in [-0.2, -0.15) is 5.10 Å². The van der Waals surface area contributed by atoms with Crippen molar-refractivity contribution >= 4 is 11.9 Å². The summed E-state index contributed by atoms with van der Waals surface area (Å²) >= 11 is 0. The Balaban J connectivity index is 2.05. The van der Waals surface area contributed by atoms with Crippen LogP contribution >= 0.6 is 0 Å². The van der Waals surface area contributed by atoms with Crippen LogP contribution in [0, 0.1) is 11.6 Å². The van der Waals surface area contributed by atoms with Gasteiger partial charge in [0, 0.05) is 6.07 Å². The van der Waals surface area contributed by atoms with E-state index in [4.69, 9.17) is 4.42 Å². The van der Waals surface area contributed by atoms with Crippen LogP contribution < -0.4 is 5.43 Å². The quantitative estimate of drug-likeness (QED) is 0.640. The van der Waals surface area contributed by atoms with Crippen LogP contribution in [0.25, 0.3) is 0 Å². The lowest BCUT2D eigenvalue weighted by atomic mass is 10.3. The van der Waals surface area contributed by atoms with Crippen LogP contribution in [-0.2, 0) is 0 Å². The molecule has 0 aliphatic rings. The Labute approximate surface area is 90.4 Å². The number of halogens is 2. The number of nitrogens with zero attached hydrogens (tertiary/aromatic N) is 1. The number of nitrogens with one attached hydrogen (secondary N) is 1. The maximum atomic E-state index is 13.1. The van der Waals surface area contributed by atoms with E-state index in [0.717, 1.165) is 12.1 Å². The fourth-order valence-electron chi connectivity index (χ4n) is 1.11. The van der Waals surface area contributed by atoms with Gasteiger partial charge in [-0.15, -0.1) is 0 Å². The molecule has 1 heterocycles. The molecular weight excluding hydrogens is 214 g/mol. The number of hydrazone groups is 1. The van der Waals surface area contributed by atoms with Gasteiger partial charge < -0.3 is 4.42 Å². The molecule has 1 aromatic carbocycles. The fraction of sp³-hybridized carbons (Fsp3) is 0. The molecule has 2 rings (SSSR count). The summed E-state index contributed by atoms with van der Waals surface area (Å²) in [5.41, 5.74) is 2.55. The molecule has 0 spiro atoms. The zero-order chi connectivity index (χ0) is 11.4. The molecule has 16 heavy (non-hydrogen) atoms. The smallest absolute Gasteiger partial charge is 0.151 e. The van der Waals surface area contributed by atoms with Crippen LogP contribution in [0.3, 0.4) is 0 Å². The molecular formula is C11H8F2N2O. The van der Waals surface area contributed by atoms with Crippen molar-refractivity contribution < 1.29 is 13.2 Å². The molecule has 0 aliphatic carbocycles. The molecule has 2 aromatic rings. The lowest BCUT2D eigenvalue weighted by Gasteiger charge is -2.00. The highest BCUT2D eigenvalue weighted by Crippen LogP contribution is 2.14. The molecule has 5 heteroatoms. The topological polar surface area (TPSA) is 37.5 Å². The van der Waals surface area contributed by atoms with Crippen molar-refractivity contribution in [2.24, 2.45) is 5.10 Å². The van der Waals surface area contributed by atoms with Gasteiger partial charge in [0.25, 0.3) is 0 Å². The van der Waals surface area contributed by atoms with E-state index in [1.54, 1.807) is 12.1 Å². The maximum absolute atomic E-state index is 13.1. The van der Waals surface area contributed by atoms with Gasteiger partial charge in [-0.1, -0.05) is 0 Å². The summed E-state index contributed by atoms with van der Waals surface area (Å²) in [6, 6.07) is 6.61. The van der Waals surface area contributed by atoms with Gasteiger partial charge in [-0.05, 0) is 24.3 Å². The summed E-state index contributed by atoms with van der Waals surface area (Å²) in [6.07, 6.45) is 2.89. The molecule has 0 saturated heterocycles. The van der Waals surface area contributed by atoms with E-state index in [2.05, 4.69) is 10.5 Å². The molecule has 0 fully saturated rings. The predicted octanol–water partition coefficient (Wildman–Crippen LogP) is 3.00. The first kappa shape index (κ1) is 10.4. The number of anilines is 1. The van der Waals surface area contributed by atoms with Crippen LogP contribution in [0.5, 0.6) is 0 Å². The van der Waals surface area contributed by atoms with Crippen molar-refractivity contribution in [1.29, 1.82) is 0 Å². The van der Waals surface area contributed by atoms with Gasteiger partial charge in [0.15, 0.2) is 5.82 Å². The Bertz CT molecular complexity index is 495. The Kier molecular flexibility index (Phi) is 2.95. The summed E-state index contributed by atoms with van der Waals surface area (Å²) in [4.78, 5) is 0. The summed E-state index contributed by atoms with van der Waals surface area (Å²) in [7, 11) is 0. The minimum Gasteiger partial charge on any atom is -0.463 e. The van der Waals surface area contributed by atoms with E-state index < -0.39 is 11.6 Å². The number of furan rings is 1. The van der Waals surface area contributed by atoms with Crippen LogP contribution in [0.1, 0.15) is 5.76 Å². The summed E-state index contributed by atoms with van der Waals surface area (Å²) in [5.74, 6) is -0.787. The van der Waals surface area contributed by atoms with Crippen molar-refractivity contribution in [2.45, 2.75) is 0 Å². The minimum atomic E-state index is -0.698. The van der Waals surface area contributed by atoms with Crippen molar-refractivity contribution in [2.75, 3.05) is 5.43 Å². The highest BCUT2D eigenvalue weighted by Gasteiger charge is 2.01. The third kappa shape index (κ3) is 2.44. The SMILES string of the molecule is Fc1ccc(N/N=C/c2ccco2)c(F)c1. The molecule has 0 amide bonds. The summed E-state index contributed by atoms with van der Waals surface area (Å²) in [5, 5.41) is 3.74. The largest absolute Gasteiger partial charge is 0.463 e. The molecule has 1 N–H and O–H groups in total. The van der Waals surface area contributed by atoms with Crippen molar-refractivity contribution in [3.05, 3.63) is 54.0 Å². The van der Waals surface area contributed by atoms with Gasteiger partial charge in [-0.3, -0.25) is 5.43 Å². The van der Waals surface area contributed by atoms with E-state index in [-0.39, 0.29) is 5.69 Å². The number of hydrogen-bond donors (Lipinski definition) is 1. The number of benzene rings is 1. The normalized spacial score (nSPS) is 10.9. The summed E-state index contributed by atoms with van der Waals surface area (Å²) in [6.45, 7) is 0. The zero-order valence-electron chi connectivity index (χ0n) is 8.15. The first-order chi connectivity index (χ1) is 7.75. The first-order valence-corrected chi connectivity index (χ1v) is 4.53. The van der Waals surface area contributed by atoms with Crippen LogP contribution in [-0.4, -0.2) is 6.21 Å². The standard InChI is InChI=1S/C11H8F2N2O/c12-8-3-4-11(10(13)6-8)15-14-7-9-2-1-5-16-9/h1-7,15H/b14-7+. The molecule has 0 atom stereocenters. The molecule has 0 saturated carbocycles. The van der Waals surface area contributed by atoms with E-state index in [1.165, 1.54) is 18.5 Å². The second-order valence-electron chi connectivity index (χ2n) is 3.01. The van der Waals surface area contributed by atoms with E-state index >= 15 is 0 Å². The molecule has 1 aromatic heterocycles. The second kappa shape index (κ2) is 4.57. The Hall–Kier alpha value is -2.17. The van der Waals surface area contributed by atoms with E-state index in [1.807, 2.05) is 0 Å². The number of rotatable bonds is 3. The van der Waals surface area contributed by atoms with Gasteiger partial charge in [0.2, 0.25) is 0 Å². The monoisotopic (exact) mass is 222 g/mol. The number of hydrogen-bond acceptors (Lipinski definition) is 3. The fourth-order valence-corrected chi connectivity index (χ4v) is 1.11. The highest BCUT2D eigenvalue weighted by atomic mass is 19.1. The lowest BCUT2D eigenvalue weighted by molar-refractivity contribution is 0.560. The highest BCUT2D eigenvalue weighted by molar-refractivity contribution is 5.76. The van der Waals surface area contributed by atoms with Gasteiger partial charge >= 0.3 is 0 Å². The van der Waals surface area contributed by atoms with Crippen molar-refractivity contribution in [3.8, 4) is 0 Å². The Morgan fingerprint density at radius 1 is 1.25 bits per heavy atom. The first-order valence-electron chi connectivity index (χ1n) is 4.53. The molecule has 0 bridgehead atoms. The van der Waals surface area contributed by atoms with Crippen LogP contribution in [0.4, 0.5) is 14.5 Å². The van der Waals surface area contributed by atoms with Gasteiger partial charge in [-0.25, -0.2) is 8.78 Å². The average Bonchev–Trinajstić information content (AvgIpc) is 2.74. The predicted molar refractivity (Wildman–Crippen MR) is 56.3 cm³/mol. The van der Waals surface area contributed by atoms with Crippen LogP contribution in [0.15, 0.2) is 46.1 Å². The van der Waals surface area contributed by atoms with Crippen molar-refractivity contribution in [1.82, 2.24) is 0 Å². The van der Waals surface area contributed by atoms with E-state index in [9.17, 15) is 8.78 Å². The third-order valence-corrected chi connectivity index (χ3v) is 1.85. The minimum absolute atomic E-state index is 0.101. The average molecular weight is 222 g/mol. The summed E-state index contributed by atoms with van der Waals surface area (Å²) < 4.78 is 30.7.